The van der Waals surface area contributed by atoms with Crippen molar-refractivity contribution in [2.45, 2.75) is 6.42 Å². The van der Waals surface area contributed by atoms with E-state index in [9.17, 15) is 4.79 Å². The predicted molar refractivity (Wildman–Crippen MR) is 70.3 cm³/mol. The van der Waals surface area contributed by atoms with Gasteiger partial charge in [0.25, 0.3) is 0 Å². The van der Waals surface area contributed by atoms with Gasteiger partial charge in [-0.25, -0.2) is 4.98 Å². The Kier molecular flexibility index (Phi) is 5.67. The Hall–Kier alpha value is -0.850. The largest absolute Gasteiger partial charge is 0.481 e. The molecule has 2 heterocycles. The van der Waals surface area contributed by atoms with Gasteiger partial charge in [-0.15, -0.1) is 23.7 Å². The van der Waals surface area contributed by atoms with E-state index >= 15 is 0 Å². The molecule has 96 valence electrons. The molecule has 1 N–H and O–H groups in total. The van der Waals surface area contributed by atoms with Gasteiger partial charge >= 0.3 is 5.97 Å². The molecule has 0 radical (unpaired) electrons. The van der Waals surface area contributed by atoms with Crippen LogP contribution in [0.5, 0.6) is 0 Å². The zero-order chi connectivity index (χ0) is 11.4. The van der Waals surface area contributed by atoms with Crippen molar-refractivity contribution in [2.75, 3.05) is 37.6 Å². The maximum atomic E-state index is 10.4. The van der Waals surface area contributed by atoms with Gasteiger partial charge in [-0.3, -0.25) is 9.69 Å². The molecule has 0 aromatic carbocycles. The van der Waals surface area contributed by atoms with Crippen LogP contribution < -0.4 is 4.90 Å². The number of nitrogens with zero attached hydrogens (tertiary/aromatic N) is 3. The normalized spacial score (nSPS) is 16.6. The zero-order valence-electron chi connectivity index (χ0n) is 9.41. The number of hydrogen-bond donors (Lipinski definition) is 1. The lowest BCUT2D eigenvalue weighted by Crippen LogP contribution is -2.46. The Bertz CT molecular complexity index is 339. The van der Waals surface area contributed by atoms with E-state index in [2.05, 4.69) is 14.8 Å². The molecule has 0 atom stereocenters. The summed E-state index contributed by atoms with van der Waals surface area (Å²) in [5.41, 5.74) is 0. The van der Waals surface area contributed by atoms with Crippen molar-refractivity contribution >= 4 is 34.8 Å². The Morgan fingerprint density at radius 2 is 2.12 bits per heavy atom. The SMILES string of the molecule is Cl.O=C(O)CCN1CCN(c2nccs2)CC1. The van der Waals surface area contributed by atoms with Crippen LogP contribution in [-0.4, -0.2) is 53.7 Å². The maximum absolute atomic E-state index is 10.4. The first-order valence-electron chi connectivity index (χ1n) is 5.34. The molecule has 0 aliphatic carbocycles. The Morgan fingerprint density at radius 3 is 2.65 bits per heavy atom. The quantitative estimate of drug-likeness (QED) is 0.895. The second-order valence-electron chi connectivity index (χ2n) is 3.79. The molecule has 1 saturated heterocycles. The highest BCUT2D eigenvalue weighted by Gasteiger charge is 2.18. The third-order valence-electron chi connectivity index (χ3n) is 2.70. The van der Waals surface area contributed by atoms with E-state index in [0.29, 0.717) is 6.54 Å². The molecule has 0 unspecified atom stereocenters. The van der Waals surface area contributed by atoms with Gasteiger partial charge in [0.2, 0.25) is 0 Å². The third-order valence-corrected chi connectivity index (χ3v) is 3.54. The van der Waals surface area contributed by atoms with Crippen LogP contribution in [0.4, 0.5) is 5.13 Å². The molecular formula is C10H16ClN3O2S. The second kappa shape index (κ2) is 6.78. The number of aromatic nitrogens is 1. The number of piperazine rings is 1. The van der Waals surface area contributed by atoms with Gasteiger partial charge < -0.3 is 10.0 Å². The van der Waals surface area contributed by atoms with E-state index in [-0.39, 0.29) is 18.8 Å². The number of carboxylic acids is 1. The van der Waals surface area contributed by atoms with Crippen molar-refractivity contribution < 1.29 is 9.90 Å². The number of anilines is 1. The van der Waals surface area contributed by atoms with Crippen LogP contribution in [0, 0.1) is 0 Å². The topological polar surface area (TPSA) is 56.7 Å². The molecule has 1 aliphatic heterocycles. The van der Waals surface area contributed by atoms with Crippen LogP contribution in [-0.2, 0) is 4.79 Å². The van der Waals surface area contributed by atoms with Crippen LogP contribution >= 0.6 is 23.7 Å². The molecule has 5 nitrogen and oxygen atoms in total. The predicted octanol–water partition coefficient (Wildman–Crippen LogP) is 1.16. The minimum Gasteiger partial charge on any atom is -0.481 e. The smallest absolute Gasteiger partial charge is 0.304 e. The summed E-state index contributed by atoms with van der Waals surface area (Å²) >= 11 is 1.65. The first kappa shape index (κ1) is 14.2. The van der Waals surface area contributed by atoms with E-state index in [4.69, 9.17) is 5.11 Å². The maximum Gasteiger partial charge on any atom is 0.304 e. The van der Waals surface area contributed by atoms with E-state index in [1.54, 1.807) is 11.3 Å². The fourth-order valence-electron chi connectivity index (χ4n) is 1.79. The lowest BCUT2D eigenvalue weighted by molar-refractivity contribution is -0.137. The monoisotopic (exact) mass is 277 g/mol. The number of rotatable bonds is 4. The third kappa shape index (κ3) is 4.14. The fraction of sp³-hybridized carbons (Fsp3) is 0.600. The molecule has 1 fully saturated rings. The average Bonchev–Trinajstić information content (AvgIpc) is 2.80. The van der Waals surface area contributed by atoms with Crippen molar-refractivity contribution in [3.63, 3.8) is 0 Å². The molecule has 17 heavy (non-hydrogen) atoms. The highest BCUT2D eigenvalue weighted by molar-refractivity contribution is 7.13. The highest BCUT2D eigenvalue weighted by Crippen LogP contribution is 2.18. The zero-order valence-corrected chi connectivity index (χ0v) is 11.0. The summed E-state index contributed by atoms with van der Waals surface area (Å²) in [6.45, 7) is 4.38. The number of carboxylic acid groups (broad SMARTS) is 1. The number of halogens is 1. The molecule has 7 heteroatoms. The molecular weight excluding hydrogens is 262 g/mol. The minimum absolute atomic E-state index is 0. The molecule has 0 spiro atoms. The molecule has 1 aromatic rings. The lowest BCUT2D eigenvalue weighted by atomic mass is 10.3. The number of thiazole rings is 1. The minimum atomic E-state index is -0.720. The summed E-state index contributed by atoms with van der Waals surface area (Å²) in [5.74, 6) is -0.720. The molecule has 0 bridgehead atoms. The first-order chi connectivity index (χ1) is 7.75. The number of carbonyl (C=O) groups is 1. The standard InChI is InChI=1S/C10H15N3O2S.ClH/c14-9(15)1-3-12-4-6-13(7-5-12)10-11-2-8-16-10;/h2,8H,1,3-7H2,(H,14,15);1H. The molecule has 2 rings (SSSR count). The van der Waals surface area contributed by atoms with Crippen LogP contribution in [0.2, 0.25) is 0 Å². The Morgan fingerprint density at radius 1 is 1.41 bits per heavy atom. The Balaban J connectivity index is 0.00000144. The summed E-state index contributed by atoms with van der Waals surface area (Å²) in [5, 5.41) is 11.6. The summed E-state index contributed by atoms with van der Waals surface area (Å²) in [7, 11) is 0. The van der Waals surface area contributed by atoms with Gasteiger partial charge in [-0.1, -0.05) is 0 Å². The van der Waals surface area contributed by atoms with Crippen molar-refractivity contribution in [3.8, 4) is 0 Å². The second-order valence-corrected chi connectivity index (χ2v) is 4.66. The van der Waals surface area contributed by atoms with Crippen LogP contribution in [0.15, 0.2) is 11.6 Å². The molecule has 0 saturated carbocycles. The van der Waals surface area contributed by atoms with Gasteiger partial charge in [0.15, 0.2) is 5.13 Å². The summed E-state index contributed by atoms with van der Waals surface area (Å²) in [4.78, 5) is 19.2. The van der Waals surface area contributed by atoms with Gasteiger partial charge in [0.05, 0.1) is 6.42 Å². The molecule has 1 aromatic heterocycles. The van der Waals surface area contributed by atoms with E-state index in [1.807, 2.05) is 11.6 Å². The van der Waals surface area contributed by atoms with Crippen molar-refractivity contribution in [1.82, 2.24) is 9.88 Å². The van der Waals surface area contributed by atoms with Crippen molar-refractivity contribution in [2.24, 2.45) is 0 Å². The van der Waals surface area contributed by atoms with Crippen molar-refractivity contribution in [1.29, 1.82) is 0 Å². The summed E-state index contributed by atoms with van der Waals surface area (Å²) in [6.07, 6.45) is 2.05. The van der Waals surface area contributed by atoms with Crippen molar-refractivity contribution in [3.05, 3.63) is 11.6 Å². The average molecular weight is 278 g/mol. The van der Waals surface area contributed by atoms with Gasteiger partial charge in [-0.05, 0) is 0 Å². The van der Waals surface area contributed by atoms with Crippen LogP contribution in [0.25, 0.3) is 0 Å². The highest BCUT2D eigenvalue weighted by atomic mass is 35.5. The lowest BCUT2D eigenvalue weighted by Gasteiger charge is -2.34. The number of aliphatic carboxylic acids is 1. The van der Waals surface area contributed by atoms with E-state index < -0.39 is 5.97 Å². The Labute approximate surface area is 110 Å². The summed E-state index contributed by atoms with van der Waals surface area (Å²) < 4.78 is 0. The number of hydrogen-bond acceptors (Lipinski definition) is 5. The first-order valence-corrected chi connectivity index (χ1v) is 6.22. The van der Waals surface area contributed by atoms with Crippen LogP contribution in [0.3, 0.4) is 0 Å². The van der Waals surface area contributed by atoms with Gasteiger partial charge in [0.1, 0.15) is 0 Å². The fourth-order valence-corrected chi connectivity index (χ4v) is 2.49. The van der Waals surface area contributed by atoms with Gasteiger partial charge in [0, 0.05) is 44.3 Å². The molecule has 0 amide bonds. The molecule has 1 aliphatic rings. The van der Waals surface area contributed by atoms with E-state index in [1.165, 1.54) is 0 Å². The van der Waals surface area contributed by atoms with Crippen LogP contribution in [0.1, 0.15) is 6.42 Å². The van der Waals surface area contributed by atoms with Gasteiger partial charge in [-0.2, -0.15) is 0 Å². The van der Waals surface area contributed by atoms with E-state index in [0.717, 1.165) is 31.3 Å². The summed E-state index contributed by atoms with van der Waals surface area (Å²) in [6, 6.07) is 0.